The number of nitrogens with one attached hydrogen (secondary N) is 1. The number of thiazole rings is 1. The van der Waals surface area contributed by atoms with E-state index in [0.717, 1.165) is 10.2 Å². The van der Waals surface area contributed by atoms with Gasteiger partial charge in [0.15, 0.2) is 5.13 Å². The highest BCUT2D eigenvalue weighted by Gasteiger charge is 2.11. The normalized spacial score (nSPS) is 10.8. The molecule has 21 heavy (non-hydrogen) atoms. The highest BCUT2D eigenvalue weighted by atomic mass is 35.5. The lowest BCUT2D eigenvalue weighted by atomic mass is 10.2. The Morgan fingerprint density at radius 3 is 2.62 bits per heavy atom. The fourth-order valence-corrected chi connectivity index (χ4v) is 3.19. The van der Waals surface area contributed by atoms with E-state index < -0.39 is 0 Å². The van der Waals surface area contributed by atoms with Gasteiger partial charge in [0.2, 0.25) is 0 Å². The molecule has 0 radical (unpaired) electrons. The quantitative estimate of drug-likeness (QED) is 0.657. The van der Waals surface area contributed by atoms with Crippen molar-refractivity contribution in [3.05, 3.63) is 57.0 Å². The van der Waals surface area contributed by atoms with Crippen LogP contribution >= 0.6 is 46.1 Å². The third kappa shape index (κ3) is 3.14. The molecule has 0 aliphatic heterocycles. The molecule has 0 fully saturated rings. The first-order valence-electron chi connectivity index (χ1n) is 5.85. The molecule has 2 aromatic carbocycles. The molecule has 0 aliphatic carbocycles. The lowest BCUT2D eigenvalue weighted by Gasteiger charge is -2.02. The number of carbonyl (C=O) groups is 1. The van der Waals surface area contributed by atoms with Crippen LogP contribution in [-0.2, 0) is 0 Å². The second kappa shape index (κ2) is 5.81. The van der Waals surface area contributed by atoms with Crippen molar-refractivity contribution < 1.29 is 4.79 Å². The first-order chi connectivity index (χ1) is 10.0. The van der Waals surface area contributed by atoms with Crippen LogP contribution in [-0.4, -0.2) is 10.9 Å². The summed E-state index contributed by atoms with van der Waals surface area (Å²) in [5, 5.41) is 4.61. The highest BCUT2D eigenvalue weighted by molar-refractivity contribution is 7.22. The fourth-order valence-electron chi connectivity index (χ4n) is 1.76. The molecule has 0 bridgehead atoms. The van der Waals surface area contributed by atoms with E-state index in [1.807, 2.05) is 12.1 Å². The van der Waals surface area contributed by atoms with Crippen LogP contribution in [0.25, 0.3) is 10.2 Å². The van der Waals surface area contributed by atoms with Gasteiger partial charge in [-0.2, -0.15) is 0 Å². The monoisotopic (exact) mass is 356 g/mol. The minimum absolute atomic E-state index is 0.293. The zero-order chi connectivity index (χ0) is 15.0. The second-order valence-electron chi connectivity index (χ2n) is 4.21. The number of carbonyl (C=O) groups excluding carboxylic acids is 1. The maximum Gasteiger partial charge on any atom is 0.257 e. The smallest absolute Gasteiger partial charge is 0.257 e. The highest BCUT2D eigenvalue weighted by Crippen LogP contribution is 2.29. The predicted octanol–water partition coefficient (Wildman–Crippen LogP) is 5.51. The summed E-state index contributed by atoms with van der Waals surface area (Å²) in [4.78, 5) is 16.5. The molecule has 3 aromatic rings. The summed E-state index contributed by atoms with van der Waals surface area (Å²) in [5.74, 6) is -0.293. The largest absolute Gasteiger partial charge is 0.298 e. The van der Waals surface area contributed by atoms with Crippen molar-refractivity contribution in [2.45, 2.75) is 0 Å². The second-order valence-corrected chi connectivity index (χ2v) is 6.50. The summed E-state index contributed by atoms with van der Waals surface area (Å²) in [6.45, 7) is 0. The first kappa shape index (κ1) is 14.6. The molecule has 3 rings (SSSR count). The van der Waals surface area contributed by atoms with E-state index in [4.69, 9.17) is 34.8 Å². The van der Waals surface area contributed by atoms with Gasteiger partial charge in [-0.25, -0.2) is 4.98 Å². The van der Waals surface area contributed by atoms with Crippen molar-refractivity contribution in [2.75, 3.05) is 5.32 Å². The summed E-state index contributed by atoms with van der Waals surface area (Å²) in [6, 6.07) is 10.1. The summed E-state index contributed by atoms with van der Waals surface area (Å²) in [5.41, 5.74) is 1.20. The summed E-state index contributed by atoms with van der Waals surface area (Å²) in [7, 11) is 0. The van der Waals surface area contributed by atoms with Gasteiger partial charge >= 0.3 is 0 Å². The van der Waals surface area contributed by atoms with E-state index in [9.17, 15) is 4.79 Å². The summed E-state index contributed by atoms with van der Waals surface area (Å²) in [6.07, 6.45) is 0. The molecule has 0 unspecified atom stereocenters. The molecule has 106 valence electrons. The molecule has 0 saturated carbocycles. The van der Waals surface area contributed by atoms with Gasteiger partial charge in [0.05, 0.1) is 20.3 Å². The number of aromatic nitrogens is 1. The zero-order valence-electron chi connectivity index (χ0n) is 10.4. The molecule has 3 nitrogen and oxygen atoms in total. The Morgan fingerprint density at radius 2 is 1.86 bits per heavy atom. The SMILES string of the molecule is O=C(Nc1nc2ccc(Cl)cc2s1)c1ccc(Cl)c(Cl)c1. The number of fused-ring (bicyclic) bond motifs is 1. The number of anilines is 1. The van der Waals surface area contributed by atoms with Gasteiger partial charge in [-0.3, -0.25) is 10.1 Å². The molecular weight excluding hydrogens is 351 g/mol. The predicted molar refractivity (Wildman–Crippen MR) is 89.0 cm³/mol. The Kier molecular flexibility index (Phi) is 4.04. The minimum atomic E-state index is -0.293. The van der Waals surface area contributed by atoms with Crippen LogP contribution in [0.5, 0.6) is 0 Å². The van der Waals surface area contributed by atoms with E-state index in [2.05, 4.69) is 10.3 Å². The Bertz CT molecular complexity index is 847. The molecule has 1 heterocycles. The summed E-state index contributed by atoms with van der Waals surface area (Å²) >= 11 is 19.0. The van der Waals surface area contributed by atoms with E-state index >= 15 is 0 Å². The number of nitrogens with zero attached hydrogens (tertiary/aromatic N) is 1. The van der Waals surface area contributed by atoms with E-state index in [1.54, 1.807) is 18.2 Å². The lowest BCUT2D eigenvalue weighted by molar-refractivity contribution is 0.102. The van der Waals surface area contributed by atoms with E-state index in [0.29, 0.717) is 25.8 Å². The van der Waals surface area contributed by atoms with Gasteiger partial charge in [0.25, 0.3) is 5.91 Å². The van der Waals surface area contributed by atoms with Gasteiger partial charge < -0.3 is 0 Å². The topological polar surface area (TPSA) is 42.0 Å². The summed E-state index contributed by atoms with van der Waals surface area (Å²) < 4.78 is 0.909. The standard InChI is InChI=1S/C14H7Cl3N2OS/c15-8-2-4-11-12(6-8)21-14(18-11)19-13(20)7-1-3-9(16)10(17)5-7/h1-6H,(H,18,19,20). The van der Waals surface area contributed by atoms with Crippen molar-refractivity contribution >= 4 is 67.4 Å². The number of hydrogen-bond donors (Lipinski definition) is 1. The number of halogens is 3. The van der Waals surface area contributed by atoms with Crippen molar-refractivity contribution in [1.82, 2.24) is 4.98 Å². The molecule has 7 heteroatoms. The van der Waals surface area contributed by atoms with Crippen LogP contribution in [0, 0.1) is 0 Å². The van der Waals surface area contributed by atoms with Crippen LogP contribution < -0.4 is 5.32 Å². The maximum atomic E-state index is 12.1. The van der Waals surface area contributed by atoms with Crippen LogP contribution in [0.1, 0.15) is 10.4 Å². The van der Waals surface area contributed by atoms with Gasteiger partial charge in [-0.05, 0) is 36.4 Å². The average Bonchev–Trinajstić information content (AvgIpc) is 2.83. The molecule has 0 spiro atoms. The molecule has 1 N–H and O–H groups in total. The van der Waals surface area contributed by atoms with Crippen molar-refractivity contribution in [3.63, 3.8) is 0 Å². The van der Waals surface area contributed by atoms with Crippen LogP contribution in [0.2, 0.25) is 15.1 Å². The Balaban J connectivity index is 1.87. The molecular formula is C14H7Cl3N2OS. The average molecular weight is 358 g/mol. The van der Waals surface area contributed by atoms with Crippen LogP contribution in [0.4, 0.5) is 5.13 Å². The Hall–Kier alpha value is -1.33. The molecule has 1 amide bonds. The van der Waals surface area contributed by atoms with E-state index in [1.165, 1.54) is 17.4 Å². The van der Waals surface area contributed by atoms with Crippen molar-refractivity contribution in [2.24, 2.45) is 0 Å². The van der Waals surface area contributed by atoms with E-state index in [-0.39, 0.29) is 5.91 Å². The third-order valence-electron chi connectivity index (χ3n) is 2.75. The van der Waals surface area contributed by atoms with Gasteiger partial charge in [-0.1, -0.05) is 46.1 Å². The maximum absolute atomic E-state index is 12.1. The number of amides is 1. The first-order valence-corrected chi connectivity index (χ1v) is 7.80. The lowest BCUT2D eigenvalue weighted by Crippen LogP contribution is -2.11. The minimum Gasteiger partial charge on any atom is -0.298 e. The van der Waals surface area contributed by atoms with Gasteiger partial charge in [-0.15, -0.1) is 0 Å². The Labute approximate surface area is 139 Å². The van der Waals surface area contributed by atoms with Crippen LogP contribution in [0.15, 0.2) is 36.4 Å². The number of benzene rings is 2. The Morgan fingerprint density at radius 1 is 1.05 bits per heavy atom. The third-order valence-corrected chi connectivity index (χ3v) is 4.66. The molecule has 0 atom stereocenters. The van der Waals surface area contributed by atoms with Gasteiger partial charge in [0.1, 0.15) is 0 Å². The zero-order valence-corrected chi connectivity index (χ0v) is 13.4. The number of rotatable bonds is 2. The fraction of sp³-hybridized carbons (Fsp3) is 0. The van der Waals surface area contributed by atoms with Crippen molar-refractivity contribution in [3.8, 4) is 0 Å². The van der Waals surface area contributed by atoms with Crippen LogP contribution in [0.3, 0.4) is 0 Å². The molecule has 0 saturated heterocycles. The molecule has 0 aliphatic rings. The molecule has 1 aromatic heterocycles. The van der Waals surface area contributed by atoms with Gasteiger partial charge in [0, 0.05) is 10.6 Å². The number of hydrogen-bond acceptors (Lipinski definition) is 3. The van der Waals surface area contributed by atoms with Crippen molar-refractivity contribution in [1.29, 1.82) is 0 Å².